The number of nitrogens with one attached hydrogen (secondary N) is 1. The van der Waals surface area contributed by atoms with Crippen LogP contribution in [-0.2, 0) is 0 Å². The van der Waals surface area contributed by atoms with Crippen molar-refractivity contribution in [1.29, 1.82) is 0 Å². The molecule has 2 heteroatoms. The molecule has 0 amide bonds. The molecule has 4 aliphatic carbocycles. The predicted molar refractivity (Wildman–Crippen MR) is 69.5 cm³/mol. The van der Waals surface area contributed by atoms with Crippen LogP contribution in [0.5, 0.6) is 0 Å². The second-order valence-corrected chi connectivity index (χ2v) is 7.20. The highest BCUT2D eigenvalue weighted by atomic mass is 15.0. The fraction of sp³-hybridized carbons (Fsp3) is 1.00. The van der Waals surface area contributed by atoms with Gasteiger partial charge >= 0.3 is 0 Å². The Labute approximate surface area is 105 Å². The lowest BCUT2D eigenvalue weighted by molar-refractivity contribution is 0.306. The van der Waals surface area contributed by atoms with Gasteiger partial charge in [-0.25, -0.2) is 0 Å². The molecule has 2 bridgehead atoms. The van der Waals surface area contributed by atoms with Gasteiger partial charge in [-0.3, -0.25) is 0 Å². The summed E-state index contributed by atoms with van der Waals surface area (Å²) in [4.78, 5) is 0. The van der Waals surface area contributed by atoms with Gasteiger partial charge in [-0.1, -0.05) is 0 Å². The Kier molecular flexibility index (Phi) is 2.52. The highest BCUT2D eigenvalue weighted by molar-refractivity contribution is 5.16. The minimum atomic E-state index is 0.502. The van der Waals surface area contributed by atoms with E-state index in [2.05, 4.69) is 5.32 Å². The summed E-state index contributed by atoms with van der Waals surface area (Å²) < 4.78 is 0. The summed E-state index contributed by atoms with van der Waals surface area (Å²) >= 11 is 0. The van der Waals surface area contributed by atoms with Crippen molar-refractivity contribution in [3.05, 3.63) is 0 Å². The molecule has 4 unspecified atom stereocenters. The normalized spacial score (nSPS) is 55.9. The van der Waals surface area contributed by atoms with E-state index in [1.807, 2.05) is 0 Å². The molecule has 4 rings (SSSR count). The first kappa shape index (κ1) is 10.8. The van der Waals surface area contributed by atoms with Gasteiger partial charge in [0.05, 0.1) is 0 Å². The molecule has 0 saturated heterocycles. The van der Waals surface area contributed by atoms with Gasteiger partial charge in [0.25, 0.3) is 0 Å². The van der Waals surface area contributed by atoms with Crippen LogP contribution in [0.1, 0.15) is 44.9 Å². The van der Waals surface area contributed by atoms with Gasteiger partial charge in [0.2, 0.25) is 0 Å². The molecule has 2 nitrogen and oxygen atoms in total. The van der Waals surface area contributed by atoms with Crippen LogP contribution >= 0.6 is 0 Å². The fourth-order valence-corrected chi connectivity index (χ4v) is 5.29. The van der Waals surface area contributed by atoms with Crippen molar-refractivity contribution in [3.8, 4) is 0 Å². The van der Waals surface area contributed by atoms with Crippen LogP contribution in [0, 0.1) is 29.6 Å². The topological polar surface area (TPSA) is 38.0 Å². The zero-order chi connectivity index (χ0) is 11.4. The van der Waals surface area contributed by atoms with Crippen molar-refractivity contribution < 1.29 is 0 Å². The molecule has 0 aliphatic heterocycles. The maximum Gasteiger partial charge on any atom is 0.0136 e. The van der Waals surface area contributed by atoms with Crippen LogP contribution in [0.15, 0.2) is 0 Å². The van der Waals surface area contributed by atoms with E-state index in [4.69, 9.17) is 5.73 Å². The summed E-state index contributed by atoms with van der Waals surface area (Å²) in [6.45, 7) is 1.28. The summed E-state index contributed by atoms with van der Waals surface area (Å²) in [6.07, 6.45) is 9.91. The molecule has 0 aromatic carbocycles. The molecule has 96 valence electrons. The first-order valence-electron chi connectivity index (χ1n) is 7.82. The highest BCUT2D eigenvalue weighted by Crippen LogP contribution is 2.65. The van der Waals surface area contributed by atoms with Crippen LogP contribution < -0.4 is 11.1 Å². The maximum atomic E-state index is 5.96. The third-order valence-electron chi connectivity index (χ3n) is 6.27. The van der Waals surface area contributed by atoms with Gasteiger partial charge < -0.3 is 11.1 Å². The molecular formula is C15H26N2. The Hall–Kier alpha value is -0.0800. The average molecular weight is 234 g/mol. The van der Waals surface area contributed by atoms with Gasteiger partial charge in [-0.2, -0.15) is 0 Å². The second-order valence-electron chi connectivity index (χ2n) is 7.20. The first-order chi connectivity index (χ1) is 8.33. The summed E-state index contributed by atoms with van der Waals surface area (Å²) in [6, 6.07) is 1.43. The van der Waals surface area contributed by atoms with E-state index < -0.39 is 0 Å². The summed E-state index contributed by atoms with van der Waals surface area (Å²) in [7, 11) is 0. The van der Waals surface area contributed by atoms with E-state index >= 15 is 0 Å². The van der Waals surface area contributed by atoms with Gasteiger partial charge in [0, 0.05) is 12.1 Å². The largest absolute Gasteiger partial charge is 0.328 e. The standard InChI is InChI=1S/C15H26N2/c16-12-5-1-9(2-6-12)8-17-15-13-10-3-4-11(7-10)14(13)15/h9-15,17H,1-8,16H2. The van der Waals surface area contributed by atoms with E-state index in [-0.39, 0.29) is 0 Å². The van der Waals surface area contributed by atoms with Crippen molar-refractivity contribution in [1.82, 2.24) is 5.32 Å². The molecule has 3 N–H and O–H groups in total. The molecule has 0 radical (unpaired) electrons. The molecule has 0 aromatic rings. The number of nitrogens with two attached hydrogens (primary N) is 1. The molecule has 0 heterocycles. The lowest BCUT2D eigenvalue weighted by Crippen LogP contribution is -2.33. The summed E-state index contributed by atoms with van der Waals surface area (Å²) in [5, 5.41) is 3.90. The number of hydrogen-bond donors (Lipinski definition) is 2. The minimum Gasteiger partial charge on any atom is -0.328 e. The summed E-state index contributed by atoms with van der Waals surface area (Å²) in [5.41, 5.74) is 5.96. The number of hydrogen-bond acceptors (Lipinski definition) is 2. The molecule has 0 spiro atoms. The molecule has 4 saturated carbocycles. The molecule has 4 atom stereocenters. The van der Waals surface area contributed by atoms with E-state index in [0.29, 0.717) is 6.04 Å². The van der Waals surface area contributed by atoms with Crippen LogP contribution in [0.25, 0.3) is 0 Å². The lowest BCUT2D eigenvalue weighted by Gasteiger charge is -2.26. The Bertz CT molecular complexity index is 279. The third-order valence-corrected chi connectivity index (χ3v) is 6.27. The van der Waals surface area contributed by atoms with Crippen LogP contribution in [-0.4, -0.2) is 18.6 Å². The van der Waals surface area contributed by atoms with E-state index in [1.165, 1.54) is 32.2 Å². The Morgan fingerprint density at radius 3 is 2.18 bits per heavy atom. The number of rotatable bonds is 3. The van der Waals surface area contributed by atoms with Crippen molar-refractivity contribution in [3.63, 3.8) is 0 Å². The lowest BCUT2D eigenvalue weighted by atomic mass is 9.86. The van der Waals surface area contributed by atoms with Crippen molar-refractivity contribution in [2.45, 2.75) is 57.0 Å². The first-order valence-corrected chi connectivity index (χ1v) is 7.82. The Balaban J connectivity index is 1.25. The van der Waals surface area contributed by atoms with Gasteiger partial charge in [-0.15, -0.1) is 0 Å². The van der Waals surface area contributed by atoms with Crippen LogP contribution in [0.2, 0.25) is 0 Å². The Morgan fingerprint density at radius 2 is 1.53 bits per heavy atom. The fourth-order valence-electron chi connectivity index (χ4n) is 5.29. The third kappa shape index (κ3) is 1.76. The van der Waals surface area contributed by atoms with Crippen molar-refractivity contribution in [2.75, 3.05) is 6.54 Å². The van der Waals surface area contributed by atoms with Crippen LogP contribution in [0.3, 0.4) is 0 Å². The molecule has 4 fully saturated rings. The van der Waals surface area contributed by atoms with E-state index in [0.717, 1.165) is 35.6 Å². The highest BCUT2D eigenvalue weighted by Gasteiger charge is 2.64. The molecule has 17 heavy (non-hydrogen) atoms. The Morgan fingerprint density at radius 1 is 0.882 bits per heavy atom. The SMILES string of the molecule is NC1CCC(CNC2C3C4CCC(C4)C23)CC1. The molecule has 4 aliphatic rings. The predicted octanol–water partition coefficient (Wildman–Crippen LogP) is 2.14. The maximum absolute atomic E-state index is 5.96. The van der Waals surface area contributed by atoms with Crippen molar-refractivity contribution in [2.24, 2.45) is 35.3 Å². The van der Waals surface area contributed by atoms with Crippen molar-refractivity contribution >= 4 is 0 Å². The van der Waals surface area contributed by atoms with Gasteiger partial charge in [0.15, 0.2) is 0 Å². The van der Waals surface area contributed by atoms with E-state index in [1.54, 1.807) is 19.3 Å². The number of fused-ring (bicyclic) bond motifs is 5. The average Bonchev–Trinajstić information content (AvgIpc) is 2.74. The molecular weight excluding hydrogens is 208 g/mol. The minimum absolute atomic E-state index is 0.502. The quantitative estimate of drug-likeness (QED) is 0.785. The summed E-state index contributed by atoms with van der Waals surface area (Å²) in [5.74, 6) is 5.34. The zero-order valence-electron chi connectivity index (χ0n) is 10.8. The zero-order valence-corrected chi connectivity index (χ0v) is 10.8. The smallest absolute Gasteiger partial charge is 0.0136 e. The molecule has 0 aromatic heterocycles. The van der Waals surface area contributed by atoms with Gasteiger partial charge in [0.1, 0.15) is 0 Å². The van der Waals surface area contributed by atoms with E-state index in [9.17, 15) is 0 Å². The monoisotopic (exact) mass is 234 g/mol. The second kappa shape index (κ2) is 3.96. The van der Waals surface area contributed by atoms with Crippen LogP contribution in [0.4, 0.5) is 0 Å². The van der Waals surface area contributed by atoms with Gasteiger partial charge in [-0.05, 0) is 81.1 Å².